The van der Waals surface area contributed by atoms with Crippen molar-refractivity contribution in [2.45, 2.75) is 25.9 Å². The number of hydrogen-bond acceptors (Lipinski definition) is 2. The predicted molar refractivity (Wildman–Crippen MR) is 86.0 cm³/mol. The zero-order chi connectivity index (χ0) is 15.9. The van der Waals surface area contributed by atoms with Crippen LogP contribution in [0.5, 0.6) is 0 Å². The monoisotopic (exact) mass is 296 g/mol. The Balaban J connectivity index is 1.91. The third kappa shape index (κ3) is 4.19. The standard InChI is InChI=1S/C18H20N2O2/c1-13(15-9-5-3-6-10-15)19-17(21)18(22)20-14(2)16-11-7-4-8-12-16/h3-14H,1-2H3,(H,19,21)(H,20,22). The lowest BCUT2D eigenvalue weighted by Gasteiger charge is -2.17. The summed E-state index contributed by atoms with van der Waals surface area (Å²) in [5, 5.41) is 5.40. The lowest BCUT2D eigenvalue weighted by Crippen LogP contribution is -2.41. The van der Waals surface area contributed by atoms with Crippen molar-refractivity contribution in [3.63, 3.8) is 0 Å². The van der Waals surface area contributed by atoms with E-state index in [2.05, 4.69) is 10.6 Å². The molecular formula is C18H20N2O2. The van der Waals surface area contributed by atoms with Gasteiger partial charge in [0, 0.05) is 0 Å². The Hall–Kier alpha value is -2.62. The van der Waals surface area contributed by atoms with E-state index in [1.165, 1.54) is 0 Å². The SMILES string of the molecule is CC(NC(=O)C(=O)NC(C)c1ccccc1)c1ccccc1. The van der Waals surface area contributed by atoms with Gasteiger partial charge in [0.2, 0.25) is 0 Å². The average Bonchev–Trinajstić information content (AvgIpc) is 2.56. The molecule has 4 nitrogen and oxygen atoms in total. The first kappa shape index (κ1) is 15.8. The first-order valence-electron chi connectivity index (χ1n) is 7.29. The highest BCUT2D eigenvalue weighted by Gasteiger charge is 2.19. The van der Waals surface area contributed by atoms with Crippen LogP contribution in [0, 0.1) is 0 Å². The Kier molecular flexibility index (Phi) is 5.31. The molecule has 2 unspecified atom stereocenters. The summed E-state index contributed by atoms with van der Waals surface area (Å²) in [5.74, 6) is -1.25. The second-order valence-corrected chi connectivity index (χ2v) is 5.21. The van der Waals surface area contributed by atoms with Gasteiger partial charge in [-0.25, -0.2) is 0 Å². The molecule has 0 bridgehead atoms. The van der Waals surface area contributed by atoms with E-state index in [9.17, 15) is 9.59 Å². The normalized spacial score (nSPS) is 13.0. The Morgan fingerprint density at radius 2 is 1.00 bits per heavy atom. The van der Waals surface area contributed by atoms with Gasteiger partial charge >= 0.3 is 11.8 Å². The summed E-state index contributed by atoms with van der Waals surface area (Å²) in [6, 6.07) is 18.6. The van der Waals surface area contributed by atoms with Crippen LogP contribution in [0.2, 0.25) is 0 Å². The summed E-state index contributed by atoms with van der Waals surface area (Å²) in [6.07, 6.45) is 0. The maximum Gasteiger partial charge on any atom is 0.309 e. The molecule has 2 rings (SSSR count). The number of amides is 2. The molecule has 2 aromatic rings. The van der Waals surface area contributed by atoms with Crippen molar-refractivity contribution in [3.8, 4) is 0 Å². The molecule has 22 heavy (non-hydrogen) atoms. The smallest absolute Gasteiger partial charge is 0.309 e. The number of hydrogen-bond donors (Lipinski definition) is 2. The molecule has 2 N–H and O–H groups in total. The van der Waals surface area contributed by atoms with E-state index in [1.54, 1.807) is 0 Å². The van der Waals surface area contributed by atoms with Crippen molar-refractivity contribution in [2.24, 2.45) is 0 Å². The lowest BCUT2D eigenvalue weighted by molar-refractivity contribution is -0.140. The number of rotatable bonds is 4. The summed E-state index contributed by atoms with van der Waals surface area (Å²) in [5.41, 5.74) is 1.92. The molecule has 2 atom stereocenters. The summed E-state index contributed by atoms with van der Waals surface area (Å²) < 4.78 is 0. The van der Waals surface area contributed by atoms with Crippen LogP contribution >= 0.6 is 0 Å². The predicted octanol–water partition coefficient (Wildman–Crippen LogP) is 2.74. The zero-order valence-corrected chi connectivity index (χ0v) is 12.7. The summed E-state index contributed by atoms with van der Waals surface area (Å²) in [6.45, 7) is 3.70. The van der Waals surface area contributed by atoms with Gasteiger partial charge in [-0.15, -0.1) is 0 Å². The van der Waals surface area contributed by atoms with Gasteiger partial charge in [0.05, 0.1) is 12.1 Å². The molecule has 0 spiro atoms. The summed E-state index contributed by atoms with van der Waals surface area (Å²) >= 11 is 0. The molecule has 0 fully saturated rings. The largest absolute Gasteiger partial charge is 0.341 e. The van der Waals surface area contributed by atoms with Gasteiger partial charge in [0.15, 0.2) is 0 Å². The third-order valence-electron chi connectivity index (χ3n) is 3.50. The fourth-order valence-corrected chi connectivity index (χ4v) is 2.17. The van der Waals surface area contributed by atoms with E-state index in [0.29, 0.717) is 0 Å². The van der Waals surface area contributed by atoms with Gasteiger partial charge in [-0.05, 0) is 25.0 Å². The summed E-state index contributed by atoms with van der Waals surface area (Å²) in [4.78, 5) is 23.9. The van der Waals surface area contributed by atoms with Crippen LogP contribution < -0.4 is 10.6 Å². The van der Waals surface area contributed by atoms with Gasteiger partial charge < -0.3 is 10.6 Å². The van der Waals surface area contributed by atoms with E-state index >= 15 is 0 Å². The van der Waals surface area contributed by atoms with E-state index < -0.39 is 11.8 Å². The number of carbonyl (C=O) groups is 2. The van der Waals surface area contributed by atoms with E-state index in [1.807, 2.05) is 74.5 Å². The minimum atomic E-state index is -0.626. The van der Waals surface area contributed by atoms with Crippen molar-refractivity contribution in [1.29, 1.82) is 0 Å². The Labute approximate surface area is 130 Å². The average molecular weight is 296 g/mol. The fraction of sp³-hybridized carbons (Fsp3) is 0.222. The van der Waals surface area contributed by atoms with E-state index in [-0.39, 0.29) is 12.1 Å². The number of nitrogens with one attached hydrogen (secondary N) is 2. The highest BCUT2D eigenvalue weighted by Crippen LogP contribution is 2.12. The van der Waals surface area contributed by atoms with E-state index in [4.69, 9.17) is 0 Å². The maximum atomic E-state index is 12.0. The quantitative estimate of drug-likeness (QED) is 0.852. The van der Waals surface area contributed by atoms with Crippen molar-refractivity contribution >= 4 is 11.8 Å². The van der Waals surface area contributed by atoms with Crippen molar-refractivity contribution in [2.75, 3.05) is 0 Å². The number of carbonyl (C=O) groups excluding carboxylic acids is 2. The molecule has 0 heterocycles. The van der Waals surface area contributed by atoms with Crippen LogP contribution in [0.25, 0.3) is 0 Å². The number of benzene rings is 2. The molecule has 0 aliphatic carbocycles. The van der Waals surface area contributed by atoms with Gasteiger partial charge in [-0.3, -0.25) is 9.59 Å². The zero-order valence-electron chi connectivity index (χ0n) is 12.7. The topological polar surface area (TPSA) is 58.2 Å². The second kappa shape index (κ2) is 7.41. The van der Waals surface area contributed by atoms with Crippen LogP contribution in [0.15, 0.2) is 60.7 Å². The van der Waals surface area contributed by atoms with Crippen molar-refractivity contribution < 1.29 is 9.59 Å². The van der Waals surface area contributed by atoms with Crippen LogP contribution in [0.1, 0.15) is 37.1 Å². The van der Waals surface area contributed by atoms with E-state index in [0.717, 1.165) is 11.1 Å². The van der Waals surface area contributed by atoms with Crippen molar-refractivity contribution in [3.05, 3.63) is 71.8 Å². The van der Waals surface area contributed by atoms with Gasteiger partial charge in [0.1, 0.15) is 0 Å². The molecular weight excluding hydrogens is 276 g/mol. The van der Waals surface area contributed by atoms with Crippen LogP contribution in [0.4, 0.5) is 0 Å². The molecule has 0 aliphatic rings. The first-order chi connectivity index (χ1) is 10.6. The second-order valence-electron chi connectivity index (χ2n) is 5.21. The molecule has 0 aromatic heterocycles. The van der Waals surface area contributed by atoms with Gasteiger partial charge in [-0.1, -0.05) is 60.7 Å². The highest BCUT2D eigenvalue weighted by atomic mass is 16.2. The summed E-state index contributed by atoms with van der Waals surface area (Å²) in [7, 11) is 0. The van der Waals surface area contributed by atoms with Crippen LogP contribution in [0.3, 0.4) is 0 Å². The van der Waals surface area contributed by atoms with Gasteiger partial charge in [-0.2, -0.15) is 0 Å². The molecule has 114 valence electrons. The molecule has 0 saturated carbocycles. The highest BCUT2D eigenvalue weighted by molar-refractivity contribution is 6.35. The molecule has 0 aliphatic heterocycles. The molecule has 4 heteroatoms. The Morgan fingerprint density at radius 3 is 1.32 bits per heavy atom. The van der Waals surface area contributed by atoms with Crippen LogP contribution in [-0.4, -0.2) is 11.8 Å². The molecule has 2 aromatic carbocycles. The molecule has 0 radical (unpaired) electrons. The molecule has 2 amide bonds. The fourth-order valence-electron chi connectivity index (χ4n) is 2.17. The first-order valence-corrected chi connectivity index (χ1v) is 7.29. The third-order valence-corrected chi connectivity index (χ3v) is 3.50. The molecule has 0 saturated heterocycles. The van der Waals surface area contributed by atoms with Crippen LogP contribution in [-0.2, 0) is 9.59 Å². The van der Waals surface area contributed by atoms with Crippen molar-refractivity contribution in [1.82, 2.24) is 10.6 Å². The lowest BCUT2D eigenvalue weighted by atomic mass is 10.1. The Bertz CT molecular complexity index is 569. The van der Waals surface area contributed by atoms with Gasteiger partial charge in [0.25, 0.3) is 0 Å². The minimum Gasteiger partial charge on any atom is -0.341 e. The Morgan fingerprint density at radius 1 is 0.682 bits per heavy atom. The minimum absolute atomic E-state index is 0.216. The maximum absolute atomic E-state index is 12.0.